The van der Waals surface area contributed by atoms with Crippen LogP contribution in [0.1, 0.15) is 32.1 Å². The van der Waals surface area contributed by atoms with Gasteiger partial charge in [-0.1, -0.05) is 0 Å². The van der Waals surface area contributed by atoms with Crippen LogP contribution < -0.4 is 11.5 Å². The highest BCUT2D eigenvalue weighted by Gasteiger charge is 2.62. The first-order valence-corrected chi connectivity index (χ1v) is 5.92. The average Bonchev–Trinajstić information content (AvgIpc) is 2.14. The molecule has 4 aliphatic carbocycles. The van der Waals surface area contributed by atoms with Crippen molar-refractivity contribution < 1.29 is 9.59 Å². The quantitative estimate of drug-likeness (QED) is 0.705. The van der Waals surface area contributed by atoms with Crippen LogP contribution in [0.25, 0.3) is 0 Å². The van der Waals surface area contributed by atoms with Gasteiger partial charge in [-0.2, -0.15) is 0 Å². The molecule has 4 aliphatic rings. The van der Waals surface area contributed by atoms with E-state index in [1.54, 1.807) is 0 Å². The van der Waals surface area contributed by atoms with E-state index in [0.717, 1.165) is 25.7 Å². The molecule has 0 heterocycles. The smallest absolute Gasteiger partial charge is 0.223 e. The number of rotatable bonds is 2. The largest absolute Gasteiger partial charge is 0.369 e. The Labute approximate surface area is 94.7 Å². The monoisotopic (exact) mass is 221 g/mol. The molecule has 0 aliphatic heterocycles. The number of hydrogen-bond acceptors (Lipinski definition) is 2. The van der Waals surface area contributed by atoms with Crippen molar-refractivity contribution in [3.63, 3.8) is 0 Å². The molecule has 4 fully saturated rings. The van der Waals surface area contributed by atoms with Crippen LogP contribution in [0.15, 0.2) is 0 Å². The molecule has 0 aromatic carbocycles. The number of primary amides is 2. The molecule has 0 aromatic heterocycles. The van der Waals surface area contributed by atoms with Crippen molar-refractivity contribution in [2.45, 2.75) is 32.1 Å². The molecule has 0 saturated heterocycles. The van der Waals surface area contributed by atoms with Gasteiger partial charge < -0.3 is 11.5 Å². The van der Waals surface area contributed by atoms with Crippen LogP contribution >= 0.6 is 0 Å². The highest BCUT2D eigenvalue weighted by atomic mass is 16.2. The highest BCUT2D eigenvalue weighted by Crippen LogP contribution is 2.64. The van der Waals surface area contributed by atoms with Crippen LogP contribution in [-0.4, -0.2) is 11.8 Å². The third kappa shape index (κ3) is 1.10. The summed E-state index contributed by atoms with van der Waals surface area (Å²) in [6.45, 7) is 0. The minimum Gasteiger partial charge on any atom is -0.369 e. The number of nitrogens with two attached hydrogens (primary N) is 2. The Balaban J connectivity index is 2.03. The lowest BCUT2D eigenvalue weighted by molar-refractivity contribution is -0.153. The van der Waals surface area contributed by atoms with E-state index in [2.05, 4.69) is 6.42 Å². The summed E-state index contributed by atoms with van der Waals surface area (Å²) >= 11 is 0. The van der Waals surface area contributed by atoms with Crippen LogP contribution in [0.2, 0.25) is 0 Å². The SMILES string of the molecule is NC(=O)C12CC3C[C@@H]([CH][C@@](C(N)=O)(C3)C1)C2. The van der Waals surface area contributed by atoms with Gasteiger partial charge in [0.2, 0.25) is 11.8 Å². The van der Waals surface area contributed by atoms with Gasteiger partial charge in [-0.25, -0.2) is 0 Å². The Morgan fingerprint density at radius 3 is 2.44 bits per heavy atom. The molecule has 4 heteroatoms. The van der Waals surface area contributed by atoms with E-state index in [9.17, 15) is 9.59 Å². The zero-order valence-corrected chi connectivity index (χ0v) is 9.24. The molecule has 2 unspecified atom stereocenters. The molecule has 0 spiro atoms. The van der Waals surface area contributed by atoms with Gasteiger partial charge in [0.05, 0.1) is 10.8 Å². The van der Waals surface area contributed by atoms with E-state index in [1.807, 2.05) is 0 Å². The number of carbonyl (C=O) groups is 2. The summed E-state index contributed by atoms with van der Waals surface area (Å²) in [5.74, 6) is 0.312. The Hall–Kier alpha value is -1.06. The summed E-state index contributed by atoms with van der Waals surface area (Å²) in [4.78, 5) is 23.3. The standard InChI is InChI=1S/C12H17N2O2/c13-9(15)11-2-7-1-8(4-11)5-12(3-7,6-11)10(14)16/h2,7-8H,1,3-6H2,(H2,13,15)(H2,14,16)/t7-,8?,11+,12?/m0/s1. The summed E-state index contributed by atoms with van der Waals surface area (Å²) in [7, 11) is 0. The van der Waals surface area contributed by atoms with Gasteiger partial charge in [-0.3, -0.25) is 9.59 Å². The minimum atomic E-state index is -0.543. The van der Waals surface area contributed by atoms with Crippen molar-refractivity contribution in [2.75, 3.05) is 0 Å². The number of hydrogen-bond donors (Lipinski definition) is 2. The Bertz CT molecular complexity index is 331. The van der Waals surface area contributed by atoms with Crippen molar-refractivity contribution in [1.82, 2.24) is 0 Å². The van der Waals surface area contributed by atoms with E-state index >= 15 is 0 Å². The van der Waals surface area contributed by atoms with Crippen molar-refractivity contribution in [2.24, 2.45) is 34.1 Å². The van der Waals surface area contributed by atoms with Crippen molar-refractivity contribution in [1.29, 1.82) is 0 Å². The molecular formula is C12H17N2O2. The fourth-order valence-electron chi connectivity index (χ4n) is 4.49. The maximum atomic E-state index is 11.7. The average molecular weight is 221 g/mol. The van der Waals surface area contributed by atoms with E-state index in [1.165, 1.54) is 0 Å². The molecule has 0 aromatic rings. The van der Waals surface area contributed by atoms with Gasteiger partial charge in [0, 0.05) is 0 Å². The molecule has 4 nitrogen and oxygen atoms in total. The van der Waals surface area contributed by atoms with E-state index in [4.69, 9.17) is 11.5 Å². The summed E-state index contributed by atoms with van der Waals surface area (Å²) in [5.41, 5.74) is 10.1. The third-order valence-corrected chi connectivity index (χ3v) is 4.84. The lowest BCUT2D eigenvalue weighted by Crippen LogP contribution is -2.60. The number of carbonyl (C=O) groups excluding carboxylic acids is 2. The summed E-state index contributed by atoms with van der Waals surface area (Å²) < 4.78 is 0. The molecule has 16 heavy (non-hydrogen) atoms. The zero-order chi connectivity index (χ0) is 11.6. The van der Waals surface area contributed by atoms with Gasteiger partial charge in [0.1, 0.15) is 0 Å². The predicted molar refractivity (Wildman–Crippen MR) is 57.6 cm³/mol. The molecule has 1 radical (unpaired) electrons. The Morgan fingerprint density at radius 2 is 1.88 bits per heavy atom. The van der Waals surface area contributed by atoms with Crippen molar-refractivity contribution in [3.05, 3.63) is 6.42 Å². The van der Waals surface area contributed by atoms with Gasteiger partial charge in [0.15, 0.2) is 0 Å². The van der Waals surface area contributed by atoms with Crippen LogP contribution in [0.4, 0.5) is 0 Å². The Morgan fingerprint density at radius 1 is 1.12 bits per heavy atom. The third-order valence-electron chi connectivity index (χ3n) is 4.84. The molecule has 4 atom stereocenters. The lowest BCUT2D eigenvalue weighted by Gasteiger charge is -2.59. The molecule has 2 amide bonds. The molecule has 87 valence electrons. The maximum Gasteiger partial charge on any atom is 0.223 e. The normalized spacial score (nSPS) is 49.2. The van der Waals surface area contributed by atoms with E-state index < -0.39 is 10.8 Å². The fourth-order valence-corrected chi connectivity index (χ4v) is 4.49. The van der Waals surface area contributed by atoms with Gasteiger partial charge >= 0.3 is 0 Å². The molecule has 4 bridgehead atoms. The molecular weight excluding hydrogens is 204 g/mol. The Kier molecular flexibility index (Phi) is 1.76. The molecule has 4 rings (SSSR count). The second-order valence-corrected chi connectivity index (χ2v) is 5.98. The zero-order valence-electron chi connectivity index (χ0n) is 9.24. The minimum absolute atomic E-state index is 0.236. The van der Waals surface area contributed by atoms with Crippen LogP contribution in [0.3, 0.4) is 0 Å². The van der Waals surface area contributed by atoms with Crippen LogP contribution in [-0.2, 0) is 9.59 Å². The summed E-state index contributed by atoms with van der Waals surface area (Å²) in [5, 5.41) is 0. The van der Waals surface area contributed by atoms with Gasteiger partial charge in [-0.15, -0.1) is 0 Å². The molecule has 4 saturated carbocycles. The van der Waals surface area contributed by atoms with Crippen molar-refractivity contribution >= 4 is 11.8 Å². The van der Waals surface area contributed by atoms with Crippen molar-refractivity contribution in [3.8, 4) is 0 Å². The topological polar surface area (TPSA) is 86.2 Å². The van der Waals surface area contributed by atoms with Crippen LogP contribution in [0, 0.1) is 29.1 Å². The van der Waals surface area contributed by atoms with E-state index in [0.29, 0.717) is 18.3 Å². The lowest BCUT2D eigenvalue weighted by atomic mass is 9.44. The highest BCUT2D eigenvalue weighted by molar-refractivity contribution is 5.87. The first-order valence-electron chi connectivity index (χ1n) is 5.92. The number of amides is 2. The summed E-state index contributed by atoms with van der Waals surface area (Å²) in [6, 6.07) is 0. The van der Waals surface area contributed by atoms with Gasteiger partial charge in [0.25, 0.3) is 0 Å². The fraction of sp³-hybridized carbons (Fsp3) is 0.750. The first kappa shape index (κ1) is 10.1. The first-order chi connectivity index (χ1) is 7.46. The van der Waals surface area contributed by atoms with Crippen LogP contribution in [0.5, 0.6) is 0 Å². The second kappa shape index (κ2) is 2.79. The maximum absolute atomic E-state index is 11.7. The predicted octanol–water partition coefficient (Wildman–Crippen LogP) is 0.358. The second-order valence-electron chi connectivity index (χ2n) is 5.98. The van der Waals surface area contributed by atoms with Gasteiger partial charge in [-0.05, 0) is 50.4 Å². The molecule has 4 N–H and O–H groups in total. The summed E-state index contributed by atoms with van der Waals surface area (Å²) in [6.07, 6.45) is 6.28. The van der Waals surface area contributed by atoms with E-state index in [-0.39, 0.29) is 11.8 Å².